The van der Waals surface area contributed by atoms with Crippen LogP contribution in [0.15, 0.2) is 49.1 Å². The molecule has 1 aromatic carbocycles. The number of aryl methyl sites for hydroxylation is 1. The maximum atomic E-state index is 13.7. The summed E-state index contributed by atoms with van der Waals surface area (Å²) in [6.45, 7) is 2.45. The van der Waals surface area contributed by atoms with Gasteiger partial charge in [0.05, 0.1) is 41.9 Å². The molecule has 4 aromatic rings. The van der Waals surface area contributed by atoms with E-state index in [4.69, 9.17) is 11.6 Å². The molecular formula is C25H22ClF2IN8O4. The van der Waals surface area contributed by atoms with Crippen molar-refractivity contribution in [2.24, 2.45) is 0 Å². The number of anilines is 1. The third-order valence-electron chi connectivity index (χ3n) is 5.61. The molecule has 0 fully saturated rings. The number of imidazole rings is 1. The van der Waals surface area contributed by atoms with Crippen molar-refractivity contribution in [2.75, 3.05) is 12.4 Å². The van der Waals surface area contributed by atoms with Crippen molar-refractivity contribution in [3.63, 3.8) is 0 Å². The molecule has 0 aliphatic rings. The predicted molar refractivity (Wildman–Crippen MR) is 152 cm³/mol. The Balaban J connectivity index is 1.71. The Morgan fingerprint density at radius 2 is 1.90 bits per heavy atom. The lowest BCUT2D eigenvalue weighted by molar-refractivity contribution is 0.0131. The van der Waals surface area contributed by atoms with Crippen LogP contribution >= 0.6 is 34.2 Å². The summed E-state index contributed by atoms with van der Waals surface area (Å²) in [6.07, 6.45) is 3.01. The van der Waals surface area contributed by atoms with Crippen molar-refractivity contribution in [2.45, 2.75) is 26.3 Å². The zero-order valence-electron chi connectivity index (χ0n) is 21.7. The maximum absolute atomic E-state index is 13.7. The zero-order valence-corrected chi connectivity index (χ0v) is 24.6. The number of aromatic nitrogens is 5. The number of hydrogen-bond donors (Lipinski definition) is 3. The first kappa shape index (κ1) is 29.9. The number of amides is 3. The molecule has 0 saturated carbocycles. The van der Waals surface area contributed by atoms with E-state index in [-0.39, 0.29) is 34.3 Å². The molecule has 0 bridgehead atoms. The maximum Gasteiger partial charge on any atom is 0.425 e. The third kappa shape index (κ3) is 6.97. The van der Waals surface area contributed by atoms with Gasteiger partial charge >= 0.3 is 6.09 Å². The van der Waals surface area contributed by atoms with Gasteiger partial charge in [-0.25, -0.2) is 24.9 Å². The Morgan fingerprint density at radius 3 is 2.56 bits per heavy atom. The highest BCUT2D eigenvalue weighted by molar-refractivity contribution is 14.1. The van der Waals surface area contributed by atoms with E-state index in [0.717, 1.165) is 14.0 Å². The number of hydrazine groups is 1. The topological polar surface area (TPSA) is 145 Å². The summed E-state index contributed by atoms with van der Waals surface area (Å²) in [5.74, 6) is -4.36. The molecule has 0 saturated heterocycles. The SMILES string of the molecule is COC(=O)NNC(=O)c1cc(I)cc(C)c1NC(=O)c1cc(Cn2cnc(C(C)(F)F)c2)nn1-c1ncccc1Cl. The van der Waals surface area contributed by atoms with E-state index < -0.39 is 29.5 Å². The van der Waals surface area contributed by atoms with Crippen LogP contribution in [0.1, 0.15) is 44.7 Å². The number of benzene rings is 1. The number of nitrogens with zero attached hydrogens (tertiary/aromatic N) is 5. The van der Waals surface area contributed by atoms with Crippen LogP contribution < -0.4 is 16.2 Å². The minimum atomic E-state index is -3.13. The smallest absolute Gasteiger partial charge is 0.425 e. The second kappa shape index (κ2) is 12.2. The number of carbonyl (C=O) groups is 3. The molecule has 3 heterocycles. The molecule has 0 unspecified atom stereocenters. The van der Waals surface area contributed by atoms with Gasteiger partial charge in [0.25, 0.3) is 17.7 Å². The van der Waals surface area contributed by atoms with Crippen molar-refractivity contribution in [3.05, 3.63) is 85.9 Å². The summed E-state index contributed by atoms with van der Waals surface area (Å²) in [5, 5.41) is 7.39. The molecule has 3 N–H and O–H groups in total. The molecule has 12 nitrogen and oxygen atoms in total. The molecule has 3 amide bonds. The zero-order chi connectivity index (χ0) is 29.9. The quantitative estimate of drug-likeness (QED) is 0.191. The largest absolute Gasteiger partial charge is 0.452 e. The van der Waals surface area contributed by atoms with Gasteiger partial charge in [-0.3, -0.25) is 15.0 Å². The van der Waals surface area contributed by atoms with Crippen molar-refractivity contribution in [3.8, 4) is 5.82 Å². The first-order chi connectivity index (χ1) is 19.4. The van der Waals surface area contributed by atoms with Gasteiger partial charge in [-0.1, -0.05) is 11.6 Å². The number of methoxy groups -OCH3 is 1. The van der Waals surface area contributed by atoms with Crippen LogP contribution in [0, 0.1) is 10.5 Å². The number of rotatable bonds is 7. The van der Waals surface area contributed by atoms with Gasteiger partial charge < -0.3 is 14.6 Å². The molecule has 0 spiro atoms. The van der Waals surface area contributed by atoms with Crippen molar-refractivity contribution in [1.29, 1.82) is 0 Å². The third-order valence-corrected chi connectivity index (χ3v) is 6.52. The molecule has 16 heteroatoms. The van der Waals surface area contributed by atoms with Crippen molar-refractivity contribution < 1.29 is 27.9 Å². The number of alkyl halides is 2. The molecular weight excluding hydrogens is 677 g/mol. The van der Waals surface area contributed by atoms with E-state index in [0.29, 0.717) is 14.8 Å². The number of pyridine rings is 1. The lowest BCUT2D eigenvalue weighted by Gasteiger charge is -2.15. The molecule has 214 valence electrons. The summed E-state index contributed by atoms with van der Waals surface area (Å²) in [7, 11) is 1.14. The summed E-state index contributed by atoms with van der Waals surface area (Å²) in [6, 6.07) is 7.90. The van der Waals surface area contributed by atoms with Crippen molar-refractivity contribution >= 4 is 57.8 Å². The van der Waals surface area contributed by atoms with E-state index in [1.54, 1.807) is 25.1 Å². The Hall–Kier alpha value is -4.12. The van der Waals surface area contributed by atoms with Crippen LogP contribution in [-0.2, 0) is 17.2 Å². The fourth-order valence-electron chi connectivity index (χ4n) is 3.72. The van der Waals surface area contributed by atoms with Crippen LogP contribution in [0.4, 0.5) is 19.3 Å². The number of nitrogens with one attached hydrogen (secondary N) is 3. The molecule has 3 aromatic heterocycles. The lowest BCUT2D eigenvalue weighted by atomic mass is 10.1. The van der Waals surface area contributed by atoms with Crippen LogP contribution in [0.5, 0.6) is 0 Å². The van der Waals surface area contributed by atoms with Gasteiger partial charge in [0.15, 0.2) is 5.82 Å². The summed E-state index contributed by atoms with van der Waals surface area (Å²) in [5.41, 5.74) is 5.01. The summed E-state index contributed by atoms with van der Waals surface area (Å²) in [4.78, 5) is 45.9. The molecule has 0 aliphatic heterocycles. The minimum absolute atomic E-state index is 0.00115. The highest BCUT2D eigenvalue weighted by Gasteiger charge is 2.28. The average Bonchev–Trinajstić information content (AvgIpc) is 3.56. The van der Waals surface area contributed by atoms with Crippen LogP contribution in [0.3, 0.4) is 0 Å². The van der Waals surface area contributed by atoms with Crippen LogP contribution in [-0.4, -0.2) is 49.3 Å². The lowest BCUT2D eigenvalue weighted by Crippen LogP contribution is -2.42. The van der Waals surface area contributed by atoms with E-state index in [1.807, 2.05) is 22.6 Å². The van der Waals surface area contributed by atoms with E-state index in [1.165, 1.54) is 40.1 Å². The number of hydrogen-bond acceptors (Lipinski definition) is 7. The molecule has 0 aliphatic carbocycles. The first-order valence-corrected chi connectivity index (χ1v) is 13.2. The Kier molecular flexibility index (Phi) is 8.86. The second-order valence-electron chi connectivity index (χ2n) is 8.73. The number of halogens is 4. The fraction of sp³-hybridized carbons (Fsp3) is 0.200. The molecule has 4 rings (SSSR count). The molecule has 41 heavy (non-hydrogen) atoms. The van der Waals surface area contributed by atoms with Gasteiger partial charge in [0, 0.05) is 22.9 Å². The van der Waals surface area contributed by atoms with E-state index in [2.05, 4.69) is 36.0 Å². The van der Waals surface area contributed by atoms with Crippen molar-refractivity contribution in [1.82, 2.24) is 35.2 Å². The van der Waals surface area contributed by atoms with Gasteiger partial charge in [-0.05, 0) is 65.4 Å². The Morgan fingerprint density at radius 1 is 1.15 bits per heavy atom. The second-order valence-corrected chi connectivity index (χ2v) is 10.4. The van der Waals surface area contributed by atoms with E-state index in [9.17, 15) is 23.2 Å². The average molecular weight is 699 g/mol. The van der Waals surface area contributed by atoms with Gasteiger partial charge in [0.1, 0.15) is 11.4 Å². The van der Waals surface area contributed by atoms with Gasteiger partial charge in [0.2, 0.25) is 0 Å². The molecule has 0 atom stereocenters. The molecule has 0 radical (unpaired) electrons. The fourth-order valence-corrected chi connectivity index (χ4v) is 4.70. The first-order valence-electron chi connectivity index (χ1n) is 11.7. The normalized spacial score (nSPS) is 11.2. The Labute approximate surface area is 250 Å². The highest BCUT2D eigenvalue weighted by atomic mass is 127. The monoisotopic (exact) mass is 698 g/mol. The summed E-state index contributed by atoms with van der Waals surface area (Å²) < 4.78 is 35.1. The predicted octanol–water partition coefficient (Wildman–Crippen LogP) is 4.44. The number of carbonyl (C=O) groups excluding carboxylic acids is 3. The standard InChI is InChI=1S/C25H22ClF2IN8O4/c1-13-7-14(29)8-16(22(38)33-34-24(40)41-3)20(13)32-23(39)18-9-15(10-36-11-19(31-12-36)25(2,27)28)35-37(18)21-17(26)5-4-6-30-21/h4-9,11-12H,10H2,1-3H3,(H,32,39)(H,33,38)(H,34,40). The van der Waals surface area contributed by atoms with E-state index >= 15 is 0 Å². The van der Waals surface area contributed by atoms with Gasteiger partial charge in [-0.15, -0.1) is 0 Å². The van der Waals surface area contributed by atoms with Crippen LogP contribution in [0.2, 0.25) is 5.02 Å². The van der Waals surface area contributed by atoms with Crippen LogP contribution in [0.25, 0.3) is 5.82 Å². The van der Waals surface area contributed by atoms with Gasteiger partial charge in [-0.2, -0.15) is 13.9 Å². The summed E-state index contributed by atoms with van der Waals surface area (Å²) >= 11 is 8.36. The highest BCUT2D eigenvalue weighted by Crippen LogP contribution is 2.27. The number of ether oxygens (including phenoxy) is 1. The Bertz CT molecular complexity index is 1640. The minimum Gasteiger partial charge on any atom is -0.452 e.